The Balaban J connectivity index is 1.62. The molecule has 1 aromatic carbocycles. The third-order valence-corrected chi connectivity index (χ3v) is 6.09. The van der Waals surface area contributed by atoms with Crippen LogP contribution in [0, 0.1) is 6.92 Å². The molecule has 27 heavy (non-hydrogen) atoms. The third kappa shape index (κ3) is 5.63. The number of methoxy groups -OCH3 is 1. The topological polar surface area (TPSA) is 76.4 Å². The molecule has 2 aromatic rings. The molecule has 0 saturated carbocycles. The Kier molecular flexibility index (Phi) is 6.98. The molecule has 2 N–H and O–H groups in total. The highest BCUT2D eigenvalue weighted by Crippen LogP contribution is 2.25. The molecule has 0 bridgehead atoms. The first-order chi connectivity index (χ1) is 13.2. The lowest BCUT2D eigenvalue weighted by atomic mass is 10.2. The predicted octanol–water partition coefficient (Wildman–Crippen LogP) is 2.26. The molecular formula is C19H28N6OS. The SMILES string of the molecule is COc1ccc(CN=C(NCc2nnc(C)n2C)NCC2CCCS2)cc1. The summed E-state index contributed by atoms with van der Waals surface area (Å²) in [5, 5.41) is 15.9. The van der Waals surface area contributed by atoms with Crippen LogP contribution in [0.2, 0.25) is 0 Å². The molecule has 1 atom stereocenters. The van der Waals surface area contributed by atoms with Crippen molar-refractivity contribution in [1.29, 1.82) is 0 Å². The van der Waals surface area contributed by atoms with E-state index >= 15 is 0 Å². The quantitative estimate of drug-likeness (QED) is 0.560. The average molecular weight is 389 g/mol. The van der Waals surface area contributed by atoms with E-state index in [2.05, 4.69) is 20.8 Å². The number of hydrogen-bond donors (Lipinski definition) is 2. The van der Waals surface area contributed by atoms with E-state index in [1.807, 2.05) is 54.6 Å². The second-order valence-corrected chi connectivity index (χ2v) is 8.01. The van der Waals surface area contributed by atoms with Crippen LogP contribution in [0.15, 0.2) is 29.3 Å². The summed E-state index contributed by atoms with van der Waals surface area (Å²) in [5.74, 6) is 4.71. The largest absolute Gasteiger partial charge is 0.497 e. The lowest BCUT2D eigenvalue weighted by Gasteiger charge is -2.15. The molecule has 0 spiro atoms. The van der Waals surface area contributed by atoms with Gasteiger partial charge in [0.1, 0.15) is 11.6 Å². The number of nitrogens with one attached hydrogen (secondary N) is 2. The summed E-state index contributed by atoms with van der Waals surface area (Å²) in [6, 6.07) is 8.00. The number of rotatable bonds is 7. The van der Waals surface area contributed by atoms with Crippen LogP contribution in [0.3, 0.4) is 0 Å². The van der Waals surface area contributed by atoms with E-state index in [4.69, 9.17) is 9.73 Å². The second-order valence-electron chi connectivity index (χ2n) is 6.60. The Hall–Kier alpha value is -2.22. The van der Waals surface area contributed by atoms with Crippen molar-refractivity contribution in [2.24, 2.45) is 12.0 Å². The van der Waals surface area contributed by atoms with E-state index in [9.17, 15) is 0 Å². The Morgan fingerprint density at radius 3 is 2.74 bits per heavy atom. The molecule has 1 unspecified atom stereocenters. The zero-order valence-electron chi connectivity index (χ0n) is 16.2. The van der Waals surface area contributed by atoms with Crippen molar-refractivity contribution in [1.82, 2.24) is 25.4 Å². The maximum absolute atomic E-state index is 5.21. The van der Waals surface area contributed by atoms with Crippen molar-refractivity contribution < 1.29 is 4.74 Å². The van der Waals surface area contributed by atoms with Gasteiger partial charge in [0.25, 0.3) is 0 Å². The standard InChI is InChI=1S/C19H28N6OS/c1-14-23-24-18(25(14)2)13-22-19(21-12-17-5-4-10-27-17)20-11-15-6-8-16(26-3)9-7-15/h6-9,17H,4-5,10-13H2,1-3H3,(H2,20,21,22). The molecule has 1 aliphatic rings. The zero-order valence-corrected chi connectivity index (χ0v) is 17.1. The van der Waals surface area contributed by atoms with Crippen LogP contribution >= 0.6 is 11.8 Å². The van der Waals surface area contributed by atoms with Gasteiger partial charge in [-0.3, -0.25) is 0 Å². The monoisotopic (exact) mass is 388 g/mol. The first-order valence-corrected chi connectivity index (χ1v) is 10.3. The Bertz CT molecular complexity index is 752. The minimum atomic E-state index is 0.587. The fraction of sp³-hybridized carbons (Fsp3) is 0.526. The summed E-state index contributed by atoms with van der Waals surface area (Å²) in [6.07, 6.45) is 2.58. The highest BCUT2D eigenvalue weighted by atomic mass is 32.2. The summed E-state index contributed by atoms with van der Waals surface area (Å²) in [5.41, 5.74) is 1.14. The van der Waals surface area contributed by atoms with Crippen LogP contribution < -0.4 is 15.4 Å². The van der Waals surface area contributed by atoms with Gasteiger partial charge in [-0.05, 0) is 43.2 Å². The van der Waals surface area contributed by atoms with Gasteiger partial charge in [-0.15, -0.1) is 10.2 Å². The van der Waals surface area contributed by atoms with Gasteiger partial charge in [-0.25, -0.2) is 4.99 Å². The van der Waals surface area contributed by atoms with Gasteiger partial charge in [-0.2, -0.15) is 11.8 Å². The summed E-state index contributed by atoms with van der Waals surface area (Å²) in [7, 11) is 3.65. The van der Waals surface area contributed by atoms with Gasteiger partial charge >= 0.3 is 0 Å². The third-order valence-electron chi connectivity index (χ3n) is 4.70. The lowest BCUT2D eigenvalue weighted by molar-refractivity contribution is 0.414. The summed E-state index contributed by atoms with van der Waals surface area (Å²) < 4.78 is 7.20. The number of ether oxygens (including phenoxy) is 1. The van der Waals surface area contributed by atoms with E-state index in [1.165, 1.54) is 18.6 Å². The molecule has 1 fully saturated rings. The number of guanidine groups is 1. The number of hydrogen-bond acceptors (Lipinski definition) is 5. The van der Waals surface area contributed by atoms with Gasteiger partial charge < -0.3 is 19.9 Å². The maximum Gasteiger partial charge on any atom is 0.192 e. The van der Waals surface area contributed by atoms with Crippen LogP contribution in [-0.4, -0.2) is 45.4 Å². The number of thioether (sulfide) groups is 1. The molecule has 146 valence electrons. The lowest BCUT2D eigenvalue weighted by Crippen LogP contribution is -2.40. The van der Waals surface area contributed by atoms with Crippen LogP contribution in [0.4, 0.5) is 0 Å². The molecule has 0 aliphatic carbocycles. The van der Waals surface area contributed by atoms with Gasteiger partial charge in [0, 0.05) is 18.8 Å². The minimum absolute atomic E-state index is 0.587. The zero-order chi connectivity index (χ0) is 19.1. The van der Waals surface area contributed by atoms with Crippen LogP contribution in [0.5, 0.6) is 5.75 Å². The predicted molar refractivity (Wildman–Crippen MR) is 110 cm³/mol. The fourth-order valence-electron chi connectivity index (χ4n) is 2.86. The second kappa shape index (κ2) is 9.64. The molecule has 2 heterocycles. The normalized spacial score (nSPS) is 17.1. The number of aromatic nitrogens is 3. The minimum Gasteiger partial charge on any atom is -0.497 e. The molecule has 1 aliphatic heterocycles. The summed E-state index contributed by atoms with van der Waals surface area (Å²) in [4.78, 5) is 4.75. The average Bonchev–Trinajstić information content (AvgIpc) is 3.33. The first kappa shape index (κ1) is 19.5. The maximum atomic E-state index is 5.21. The molecule has 1 aromatic heterocycles. The molecule has 8 heteroatoms. The molecule has 1 saturated heterocycles. The molecule has 7 nitrogen and oxygen atoms in total. The van der Waals surface area contributed by atoms with Crippen molar-refractivity contribution in [2.75, 3.05) is 19.4 Å². The van der Waals surface area contributed by atoms with E-state index in [1.54, 1.807) is 7.11 Å². The van der Waals surface area contributed by atoms with Crippen molar-refractivity contribution in [3.63, 3.8) is 0 Å². The molecular weight excluding hydrogens is 360 g/mol. The fourth-order valence-corrected chi connectivity index (χ4v) is 4.06. The van der Waals surface area contributed by atoms with Gasteiger partial charge in [0.05, 0.1) is 20.2 Å². The van der Waals surface area contributed by atoms with Crippen molar-refractivity contribution in [3.8, 4) is 5.75 Å². The van der Waals surface area contributed by atoms with Crippen molar-refractivity contribution in [2.45, 2.75) is 38.1 Å². The number of aryl methyl sites for hydroxylation is 1. The van der Waals surface area contributed by atoms with Crippen molar-refractivity contribution in [3.05, 3.63) is 41.5 Å². The van der Waals surface area contributed by atoms with Crippen molar-refractivity contribution >= 4 is 17.7 Å². The Morgan fingerprint density at radius 2 is 2.11 bits per heavy atom. The summed E-state index contributed by atoms with van der Waals surface area (Å²) in [6.45, 7) is 4.07. The first-order valence-electron chi connectivity index (χ1n) is 9.27. The molecule has 0 amide bonds. The van der Waals surface area contributed by atoms with E-state index in [0.29, 0.717) is 18.3 Å². The van der Waals surface area contributed by atoms with Gasteiger partial charge in [-0.1, -0.05) is 12.1 Å². The van der Waals surface area contributed by atoms with Crippen LogP contribution in [-0.2, 0) is 20.1 Å². The summed E-state index contributed by atoms with van der Waals surface area (Å²) >= 11 is 2.04. The number of aliphatic imine (C=N–C) groups is 1. The van der Waals surface area contributed by atoms with E-state index < -0.39 is 0 Å². The van der Waals surface area contributed by atoms with Crippen LogP contribution in [0.1, 0.15) is 30.1 Å². The van der Waals surface area contributed by atoms with Gasteiger partial charge in [0.2, 0.25) is 0 Å². The molecule has 3 rings (SSSR count). The van der Waals surface area contributed by atoms with Crippen LogP contribution in [0.25, 0.3) is 0 Å². The number of nitrogens with zero attached hydrogens (tertiary/aromatic N) is 4. The van der Waals surface area contributed by atoms with E-state index in [-0.39, 0.29) is 0 Å². The van der Waals surface area contributed by atoms with E-state index in [0.717, 1.165) is 35.5 Å². The molecule has 0 radical (unpaired) electrons. The highest BCUT2D eigenvalue weighted by molar-refractivity contribution is 8.00. The number of benzene rings is 1. The van der Waals surface area contributed by atoms with Gasteiger partial charge in [0.15, 0.2) is 11.8 Å². The highest BCUT2D eigenvalue weighted by Gasteiger charge is 2.16. The Labute approximate surface area is 165 Å². The smallest absolute Gasteiger partial charge is 0.192 e. The Morgan fingerprint density at radius 1 is 1.30 bits per heavy atom.